The number of halogens is 1. The average molecular weight is 259 g/mol. The van der Waals surface area contributed by atoms with E-state index in [4.69, 9.17) is 12.2 Å². The van der Waals surface area contributed by atoms with Crippen molar-refractivity contribution in [2.45, 2.75) is 6.54 Å². The number of nitrogens with zero attached hydrogens (tertiary/aromatic N) is 2. The number of hydrogen-bond acceptors (Lipinski definition) is 2. The molecule has 0 unspecified atom stereocenters. The van der Waals surface area contributed by atoms with Gasteiger partial charge in [-0.25, -0.2) is 0 Å². The summed E-state index contributed by atoms with van der Waals surface area (Å²) in [4.78, 5) is 6.22. The first-order chi connectivity index (χ1) is 8.74. The zero-order valence-corrected chi connectivity index (χ0v) is 10.2. The predicted octanol–water partition coefficient (Wildman–Crippen LogP) is 3.28. The van der Waals surface area contributed by atoms with Crippen LogP contribution >= 0.6 is 12.2 Å². The molecule has 0 aliphatic carbocycles. The Morgan fingerprint density at radius 1 is 1.22 bits per heavy atom. The summed E-state index contributed by atoms with van der Waals surface area (Å²) in [5, 5.41) is 0. The van der Waals surface area contributed by atoms with Gasteiger partial charge in [0.15, 0.2) is 4.64 Å². The standard InChI is InChI=1S/C13H10FN3S/c14-13-15-10-6-7-17(11(10)12(18)16-13)8-9-4-2-1-3-5-9/h1-7H,8H2,(H,15,16,18). The van der Waals surface area contributed by atoms with Crippen LogP contribution in [0.1, 0.15) is 5.56 Å². The molecule has 0 saturated carbocycles. The maximum absolute atomic E-state index is 13.1. The predicted molar refractivity (Wildman–Crippen MR) is 70.4 cm³/mol. The van der Waals surface area contributed by atoms with Crippen LogP contribution in [-0.4, -0.2) is 14.5 Å². The molecule has 90 valence electrons. The second-order valence-electron chi connectivity index (χ2n) is 4.02. The van der Waals surface area contributed by atoms with Crippen molar-refractivity contribution in [1.29, 1.82) is 0 Å². The molecule has 5 heteroatoms. The van der Waals surface area contributed by atoms with E-state index in [1.54, 1.807) is 6.07 Å². The third kappa shape index (κ3) is 1.93. The Morgan fingerprint density at radius 2 is 2.00 bits per heavy atom. The SMILES string of the molecule is Fc1nc(=S)c2c(ccn2Cc2ccccc2)[nH]1. The fourth-order valence-electron chi connectivity index (χ4n) is 2.00. The molecule has 0 aliphatic rings. The number of benzene rings is 1. The van der Waals surface area contributed by atoms with Gasteiger partial charge < -0.3 is 9.55 Å². The van der Waals surface area contributed by atoms with Gasteiger partial charge in [-0.1, -0.05) is 42.5 Å². The van der Waals surface area contributed by atoms with Crippen molar-refractivity contribution in [1.82, 2.24) is 14.5 Å². The molecule has 0 spiro atoms. The van der Waals surface area contributed by atoms with Crippen molar-refractivity contribution in [2.24, 2.45) is 0 Å². The molecular formula is C13H10FN3S. The highest BCUT2D eigenvalue weighted by Crippen LogP contribution is 2.16. The van der Waals surface area contributed by atoms with Gasteiger partial charge >= 0.3 is 0 Å². The molecule has 0 radical (unpaired) electrons. The average Bonchev–Trinajstić information content (AvgIpc) is 2.73. The van der Waals surface area contributed by atoms with Crippen molar-refractivity contribution in [3.63, 3.8) is 0 Å². The minimum atomic E-state index is -0.648. The summed E-state index contributed by atoms with van der Waals surface area (Å²) in [7, 11) is 0. The Kier molecular flexibility index (Phi) is 2.68. The Morgan fingerprint density at radius 3 is 2.78 bits per heavy atom. The van der Waals surface area contributed by atoms with Gasteiger partial charge in [0.25, 0.3) is 6.08 Å². The molecule has 1 aromatic carbocycles. The van der Waals surface area contributed by atoms with Crippen molar-refractivity contribution in [2.75, 3.05) is 0 Å². The van der Waals surface area contributed by atoms with E-state index in [-0.39, 0.29) is 4.64 Å². The topological polar surface area (TPSA) is 33.6 Å². The summed E-state index contributed by atoms with van der Waals surface area (Å²) in [6.07, 6.45) is 1.23. The van der Waals surface area contributed by atoms with E-state index in [2.05, 4.69) is 9.97 Å². The zero-order chi connectivity index (χ0) is 12.5. The Hall–Kier alpha value is -2.01. The van der Waals surface area contributed by atoms with Crippen LogP contribution in [0.2, 0.25) is 0 Å². The lowest BCUT2D eigenvalue weighted by Gasteiger charge is -2.05. The van der Waals surface area contributed by atoms with E-state index in [0.717, 1.165) is 11.1 Å². The first-order valence-electron chi connectivity index (χ1n) is 5.52. The van der Waals surface area contributed by atoms with E-state index in [1.165, 1.54) is 0 Å². The molecule has 0 atom stereocenters. The van der Waals surface area contributed by atoms with Gasteiger partial charge in [0.1, 0.15) is 5.52 Å². The lowest BCUT2D eigenvalue weighted by atomic mass is 10.2. The van der Waals surface area contributed by atoms with Crippen LogP contribution in [0.15, 0.2) is 42.6 Å². The van der Waals surface area contributed by atoms with E-state index < -0.39 is 6.08 Å². The molecule has 3 rings (SSSR count). The molecule has 0 fully saturated rings. The quantitative estimate of drug-likeness (QED) is 0.566. The minimum Gasteiger partial charge on any atom is -0.339 e. The van der Waals surface area contributed by atoms with Gasteiger partial charge in [-0.15, -0.1) is 0 Å². The molecule has 0 amide bonds. The third-order valence-electron chi connectivity index (χ3n) is 2.80. The van der Waals surface area contributed by atoms with Crippen LogP contribution in [0.3, 0.4) is 0 Å². The maximum Gasteiger partial charge on any atom is 0.288 e. The van der Waals surface area contributed by atoms with Gasteiger partial charge in [-0.2, -0.15) is 9.37 Å². The van der Waals surface area contributed by atoms with E-state index in [9.17, 15) is 4.39 Å². The summed E-state index contributed by atoms with van der Waals surface area (Å²) in [6, 6.07) is 11.8. The monoisotopic (exact) mass is 259 g/mol. The highest BCUT2D eigenvalue weighted by atomic mass is 32.1. The molecule has 0 aliphatic heterocycles. The number of hydrogen-bond donors (Lipinski definition) is 1. The van der Waals surface area contributed by atoms with Crippen LogP contribution in [0.5, 0.6) is 0 Å². The summed E-state index contributed by atoms with van der Waals surface area (Å²) in [5.41, 5.74) is 2.59. The van der Waals surface area contributed by atoms with Crippen molar-refractivity contribution >= 4 is 23.3 Å². The van der Waals surface area contributed by atoms with E-state index in [1.807, 2.05) is 41.1 Å². The molecule has 3 aromatic rings. The summed E-state index contributed by atoms with van der Waals surface area (Å²) < 4.78 is 15.3. The number of aromatic nitrogens is 3. The number of H-pyrrole nitrogens is 1. The highest BCUT2D eigenvalue weighted by molar-refractivity contribution is 7.71. The van der Waals surface area contributed by atoms with Gasteiger partial charge in [0.05, 0.1) is 5.52 Å². The number of aromatic amines is 1. The van der Waals surface area contributed by atoms with Crippen LogP contribution in [0.25, 0.3) is 11.0 Å². The van der Waals surface area contributed by atoms with Crippen LogP contribution in [0.4, 0.5) is 4.39 Å². The van der Waals surface area contributed by atoms with E-state index in [0.29, 0.717) is 12.1 Å². The Labute approximate surface area is 108 Å². The fourth-order valence-corrected chi connectivity index (χ4v) is 2.31. The number of rotatable bonds is 2. The van der Waals surface area contributed by atoms with Gasteiger partial charge in [0, 0.05) is 12.7 Å². The first kappa shape index (κ1) is 11.1. The lowest BCUT2D eigenvalue weighted by Crippen LogP contribution is -2.00. The minimum absolute atomic E-state index is 0.280. The first-order valence-corrected chi connectivity index (χ1v) is 5.93. The third-order valence-corrected chi connectivity index (χ3v) is 3.08. The van der Waals surface area contributed by atoms with Crippen LogP contribution in [-0.2, 0) is 6.54 Å². The molecule has 1 N–H and O–H groups in total. The Bertz CT molecular complexity index is 746. The maximum atomic E-state index is 13.1. The van der Waals surface area contributed by atoms with Crippen molar-refractivity contribution in [3.8, 4) is 0 Å². The van der Waals surface area contributed by atoms with Crippen molar-refractivity contribution < 1.29 is 4.39 Å². The van der Waals surface area contributed by atoms with Gasteiger partial charge in [0.2, 0.25) is 0 Å². The molecule has 3 nitrogen and oxygen atoms in total. The summed E-state index contributed by atoms with van der Waals surface area (Å²) in [5.74, 6) is 0. The van der Waals surface area contributed by atoms with E-state index >= 15 is 0 Å². The highest BCUT2D eigenvalue weighted by Gasteiger charge is 2.06. The second-order valence-corrected chi connectivity index (χ2v) is 4.41. The lowest BCUT2D eigenvalue weighted by molar-refractivity contribution is 0.542. The molecule has 0 bridgehead atoms. The molecule has 0 saturated heterocycles. The zero-order valence-electron chi connectivity index (χ0n) is 9.43. The van der Waals surface area contributed by atoms with Crippen LogP contribution in [0, 0.1) is 10.7 Å². The second kappa shape index (κ2) is 4.34. The molecule has 18 heavy (non-hydrogen) atoms. The normalized spacial score (nSPS) is 10.9. The summed E-state index contributed by atoms with van der Waals surface area (Å²) >= 11 is 5.11. The number of fused-ring (bicyclic) bond motifs is 1. The van der Waals surface area contributed by atoms with Crippen LogP contribution < -0.4 is 0 Å². The van der Waals surface area contributed by atoms with Gasteiger partial charge in [-0.05, 0) is 11.6 Å². The largest absolute Gasteiger partial charge is 0.339 e. The van der Waals surface area contributed by atoms with Crippen molar-refractivity contribution in [3.05, 3.63) is 58.9 Å². The molecular weight excluding hydrogens is 249 g/mol. The number of nitrogens with one attached hydrogen (secondary N) is 1. The molecule has 2 aromatic heterocycles. The summed E-state index contributed by atoms with van der Waals surface area (Å²) in [6.45, 7) is 0.690. The smallest absolute Gasteiger partial charge is 0.288 e. The fraction of sp³-hybridized carbons (Fsp3) is 0.0769. The van der Waals surface area contributed by atoms with Gasteiger partial charge in [-0.3, -0.25) is 0 Å². The Balaban J connectivity index is 2.11. The molecule has 2 heterocycles.